The number of nitrogens with one attached hydrogen (secondary N) is 1. The molecule has 0 bridgehead atoms. The highest BCUT2D eigenvalue weighted by molar-refractivity contribution is 5.49. The predicted octanol–water partition coefficient (Wildman–Crippen LogP) is 2.62. The maximum atomic E-state index is 10.9. The molecule has 0 spiro atoms. The van der Waals surface area contributed by atoms with Gasteiger partial charge in [-0.2, -0.15) is 4.98 Å². The van der Waals surface area contributed by atoms with Gasteiger partial charge in [0.1, 0.15) is 5.82 Å². The summed E-state index contributed by atoms with van der Waals surface area (Å²) in [4.78, 5) is 14.6. The molecule has 1 aromatic rings. The Morgan fingerprint density at radius 3 is 2.70 bits per heavy atom. The van der Waals surface area contributed by atoms with Gasteiger partial charge in [-0.15, -0.1) is 0 Å². The second-order valence-corrected chi connectivity index (χ2v) is 4.87. The van der Waals surface area contributed by atoms with Crippen LogP contribution in [0.25, 0.3) is 0 Å². The fourth-order valence-electron chi connectivity index (χ4n) is 1.45. The SMILES string of the molecule is CCNc1ccc([N+](=O)[O-])c(OCCC(C)(C)OC)n1. The Morgan fingerprint density at radius 2 is 2.15 bits per heavy atom. The smallest absolute Gasteiger partial charge is 0.331 e. The first-order valence-corrected chi connectivity index (χ1v) is 6.47. The van der Waals surface area contributed by atoms with Crippen LogP contribution < -0.4 is 10.1 Å². The standard InChI is InChI=1S/C13H21N3O4/c1-5-14-11-7-6-10(16(17)18)12(15-11)20-9-8-13(2,3)19-4/h6-7H,5,8-9H2,1-4H3,(H,14,15). The Hall–Kier alpha value is -1.89. The van der Waals surface area contributed by atoms with Gasteiger partial charge >= 0.3 is 5.69 Å². The van der Waals surface area contributed by atoms with E-state index in [0.29, 0.717) is 25.4 Å². The maximum Gasteiger partial charge on any atom is 0.331 e. The highest BCUT2D eigenvalue weighted by Gasteiger charge is 2.20. The summed E-state index contributed by atoms with van der Waals surface area (Å²) >= 11 is 0. The van der Waals surface area contributed by atoms with E-state index in [1.807, 2.05) is 20.8 Å². The first-order chi connectivity index (χ1) is 9.39. The van der Waals surface area contributed by atoms with E-state index < -0.39 is 4.92 Å². The largest absolute Gasteiger partial charge is 0.473 e. The number of hydrogen-bond donors (Lipinski definition) is 1. The third kappa shape index (κ3) is 4.65. The van der Waals surface area contributed by atoms with Crippen molar-refractivity contribution in [2.24, 2.45) is 0 Å². The number of nitrogens with zero attached hydrogens (tertiary/aromatic N) is 2. The Kier molecular flexibility index (Phi) is 5.69. The van der Waals surface area contributed by atoms with Crippen LogP contribution in [-0.2, 0) is 4.74 Å². The number of ether oxygens (including phenoxy) is 2. The molecule has 7 nitrogen and oxygen atoms in total. The van der Waals surface area contributed by atoms with Crippen LogP contribution in [0.15, 0.2) is 12.1 Å². The van der Waals surface area contributed by atoms with E-state index in [2.05, 4.69) is 10.3 Å². The minimum atomic E-state index is -0.500. The molecule has 0 aliphatic carbocycles. The van der Waals surface area contributed by atoms with Crippen molar-refractivity contribution < 1.29 is 14.4 Å². The summed E-state index contributed by atoms with van der Waals surface area (Å²) in [5.74, 6) is 0.583. The van der Waals surface area contributed by atoms with Crippen molar-refractivity contribution in [3.63, 3.8) is 0 Å². The fourth-order valence-corrected chi connectivity index (χ4v) is 1.45. The number of rotatable bonds is 8. The molecule has 112 valence electrons. The zero-order valence-corrected chi connectivity index (χ0v) is 12.3. The van der Waals surface area contributed by atoms with Crippen LogP contribution in [0.5, 0.6) is 5.88 Å². The van der Waals surface area contributed by atoms with E-state index in [0.717, 1.165) is 0 Å². The van der Waals surface area contributed by atoms with Gasteiger partial charge in [-0.05, 0) is 26.8 Å². The molecule has 0 unspecified atom stereocenters. The summed E-state index contributed by atoms with van der Waals surface area (Å²) in [6, 6.07) is 2.95. The molecule has 0 saturated carbocycles. The number of anilines is 1. The number of nitro groups is 1. The van der Waals surface area contributed by atoms with Crippen LogP contribution in [-0.4, -0.2) is 35.8 Å². The molecule has 1 rings (SSSR count). The van der Waals surface area contributed by atoms with Gasteiger partial charge in [-0.25, -0.2) is 0 Å². The molecule has 1 N–H and O–H groups in total. The quantitative estimate of drug-likeness (QED) is 0.583. The van der Waals surface area contributed by atoms with Crippen molar-refractivity contribution in [2.75, 3.05) is 25.6 Å². The van der Waals surface area contributed by atoms with Crippen LogP contribution in [0.1, 0.15) is 27.2 Å². The van der Waals surface area contributed by atoms with Gasteiger partial charge in [-0.3, -0.25) is 10.1 Å². The Morgan fingerprint density at radius 1 is 1.45 bits per heavy atom. The summed E-state index contributed by atoms with van der Waals surface area (Å²) in [6.07, 6.45) is 0.605. The topological polar surface area (TPSA) is 86.5 Å². The third-order valence-electron chi connectivity index (χ3n) is 2.89. The molecule has 0 aromatic carbocycles. The van der Waals surface area contributed by atoms with Gasteiger partial charge in [0.15, 0.2) is 0 Å². The first kappa shape index (κ1) is 16.2. The highest BCUT2D eigenvalue weighted by Crippen LogP contribution is 2.27. The van der Waals surface area contributed by atoms with E-state index in [1.54, 1.807) is 13.2 Å². The van der Waals surface area contributed by atoms with Crippen LogP contribution in [0.3, 0.4) is 0 Å². The molecule has 7 heteroatoms. The monoisotopic (exact) mass is 283 g/mol. The first-order valence-electron chi connectivity index (χ1n) is 6.47. The van der Waals surface area contributed by atoms with Crippen molar-refractivity contribution in [3.8, 4) is 5.88 Å². The molecule has 0 saturated heterocycles. The molecule has 1 aromatic heterocycles. The molecule has 1 heterocycles. The second-order valence-electron chi connectivity index (χ2n) is 4.87. The zero-order chi connectivity index (χ0) is 15.2. The Bertz CT molecular complexity index is 463. The van der Waals surface area contributed by atoms with Gasteiger partial charge in [0, 0.05) is 26.1 Å². The van der Waals surface area contributed by atoms with E-state index in [9.17, 15) is 10.1 Å². The Balaban J connectivity index is 2.80. The molecule has 0 atom stereocenters. The van der Waals surface area contributed by atoms with Gasteiger partial charge in [-0.1, -0.05) is 0 Å². The van der Waals surface area contributed by atoms with Crippen molar-refractivity contribution in [1.29, 1.82) is 0 Å². The van der Waals surface area contributed by atoms with Crippen LogP contribution >= 0.6 is 0 Å². The molecule has 0 aliphatic heterocycles. The van der Waals surface area contributed by atoms with Gasteiger partial charge in [0.25, 0.3) is 5.88 Å². The van der Waals surface area contributed by atoms with Crippen molar-refractivity contribution in [3.05, 3.63) is 22.2 Å². The van der Waals surface area contributed by atoms with Crippen molar-refractivity contribution in [1.82, 2.24) is 4.98 Å². The molecular weight excluding hydrogens is 262 g/mol. The summed E-state index contributed by atoms with van der Waals surface area (Å²) in [7, 11) is 1.62. The zero-order valence-electron chi connectivity index (χ0n) is 12.3. The van der Waals surface area contributed by atoms with Crippen molar-refractivity contribution >= 4 is 11.5 Å². The average molecular weight is 283 g/mol. The van der Waals surface area contributed by atoms with Gasteiger partial charge in [0.05, 0.1) is 17.1 Å². The molecule has 0 amide bonds. The summed E-state index contributed by atoms with van der Waals surface area (Å²) in [5.41, 5.74) is -0.476. The fraction of sp³-hybridized carbons (Fsp3) is 0.615. The van der Waals surface area contributed by atoms with Crippen molar-refractivity contribution in [2.45, 2.75) is 32.8 Å². The predicted molar refractivity (Wildman–Crippen MR) is 76.3 cm³/mol. The van der Waals surface area contributed by atoms with E-state index in [-0.39, 0.29) is 17.2 Å². The average Bonchev–Trinajstić information content (AvgIpc) is 2.39. The Labute approximate surface area is 118 Å². The molecular formula is C13H21N3O4. The molecule has 20 heavy (non-hydrogen) atoms. The lowest BCUT2D eigenvalue weighted by Crippen LogP contribution is -2.25. The van der Waals surface area contributed by atoms with Gasteiger partial charge < -0.3 is 14.8 Å². The molecule has 0 aliphatic rings. The van der Waals surface area contributed by atoms with Crippen LogP contribution in [0, 0.1) is 10.1 Å². The maximum absolute atomic E-state index is 10.9. The molecule has 0 radical (unpaired) electrons. The number of aromatic nitrogens is 1. The highest BCUT2D eigenvalue weighted by atomic mass is 16.6. The van der Waals surface area contributed by atoms with Crippen LogP contribution in [0.2, 0.25) is 0 Å². The normalized spacial score (nSPS) is 11.2. The number of hydrogen-bond acceptors (Lipinski definition) is 6. The van der Waals surface area contributed by atoms with E-state index in [1.165, 1.54) is 6.07 Å². The van der Waals surface area contributed by atoms with E-state index in [4.69, 9.17) is 9.47 Å². The second kappa shape index (κ2) is 7.04. The lowest BCUT2D eigenvalue weighted by Gasteiger charge is -2.22. The number of methoxy groups -OCH3 is 1. The lowest BCUT2D eigenvalue weighted by atomic mass is 10.1. The summed E-state index contributed by atoms with van der Waals surface area (Å²) < 4.78 is 10.7. The van der Waals surface area contributed by atoms with Gasteiger partial charge in [0.2, 0.25) is 0 Å². The third-order valence-corrected chi connectivity index (χ3v) is 2.89. The molecule has 0 fully saturated rings. The van der Waals surface area contributed by atoms with Crippen LogP contribution in [0.4, 0.5) is 11.5 Å². The minimum Gasteiger partial charge on any atom is -0.473 e. The van der Waals surface area contributed by atoms with E-state index >= 15 is 0 Å². The lowest BCUT2D eigenvalue weighted by molar-refractivity contribution is -0.386. The summed E-state index contributed by atoms with van der Waals surface area (Å²) in [6.45, 7) is 6.75. The number of pyridine rings is 1. The minimum absolute atomic E-state index is 0.0281. The summed E-state index contributed by atoms with van der Waals surface area (Å²) in [5, 5.41) is 13.9.